The van der Waals surface area contributed by atoms with Gasteiger partial charge in [-0.05, 0) is 56.8 Å². The second-order valence-corrected chi connectivity index (χ2v) is 7.15. The van der Waals surface area contributed by atoms with Crippen LogP contribution in [0.15, 0.2) is 4.99 Å². The Kier molecular flexibility index (Phi) is 2.38. The monoisotopic (exact) mass is 302 g/mol. The molecule has 3 unspecified atom stereocenters. The Morgan fingerprint density at radius 1 is 1.24 bits per heavy atom. The number of amidine groups is 1. The second kappa shape index (κ2) is 3.73. The van der Waals surface area contributed by atoms with Crippen LogP contribution in [0.5, 0.6) is 0 Å². The molecule has 3 atom stereocenters. The van der Waals surface area contributed by atoms with Crippen LogP contribution in [0.2, 0.25) is 0 Å². The topological polar surface area (TPSA) is 50.7 Å². The third-order valence-electron chi connectivity index (χ3n) is 5.77. The van der Waals surface area contributed by atoms with E-state index in [0.29, 0.717) is 17.8 Å². The number of amides is 1. The number of carbonyl (C=O) groups excluding carboxylic acids is 1. The van der Waals surface area contributed by atoms with E-state index in [1.165, 1.54) is 6.42 Å². The Labute approximate surface area is 120 Å². The molecule has 1 heterocycles. The fraction of sp³-hybridized carbons (Fsp3) is 0.857. The summed E-state index contributed by atoms with van der Waals surface area (Å²) in [6.07, 6.45) is 0.518. The summed E-state index contributed by atoms with van der Waals surface area (Å²) in [5.41, 5.74) is -3.12. The van der Waals surface area contributed by atoms with E-state index >= 15 is 0 Å². The molecule has 4 nitrogen and oxygen atoms in total. The van der Waals surface area contributed by atoms with Crippen molar-refractivity contribution in [2.45, 2.75) is 56.3 Å². The van der Waals surface area contributed by atoms with Gasteiger partial charge in [-0.3, -0.25) is 10.1 Å². The van der Waals surface area contributed by atoms with E-state index in [4.69, 9.17) is 4.74 Å². The maximum atomic E-state index is 13.0. The highest BCUT2D eigenvalue weighted by atomic mass is 19.4. The van der Waals surface area contributed by atoms with Gasteiger partial charge in [0, 0.05) is 0 Å². The second-order valence-electron chi connectivity index (χ2n) is 7.15. The molecule has 21 heavy (non-hydrogen) atoms. The average Bonchev–Trinajstić information content (AvgIpc) is 2.84. The van der Waals surface area contributed by atoms with Crippen molar-refractivity contribution in [3.8, 4) is 0 Å². The van der Waals surface area contributed by atoms with Crippen LogP contribution in [0, 0.1) is 17.8 Å². The third kappa shape index (κ3) is 1.69. The molecule has 0 aromatic heterocycles. The molecule has 1 saturated heterocycles. The lowest BCUT2D eigenvalue weighted by Crippen LogP contribution is -2.49. The number of carbonyl (C=O) groups is 1. The number of aliphatic imine (C=N–C) groups is 1. The fourth-order valence-corrected chi connectivity index (χ4v) is 4.86. The van der Waals surface area contributed by atoms with Gasteiger partial charge in [0.05, 0.1) is 5.54 Å². The van der Waals surface area contributed by atoms with Gasteiger partial charge in [-0.15, -0.1) is 0 Å². The standard InChI is InChI=1S/C14H17F3N2O2/c1-12(14(15,16)17)10(20)18-11(21-12)19-13-5-7-2-8(6-13)4-9(13)3-7/h7-9H,2-6H2,1H3,(H,18,19,20). The average molecular weight is 302 g/mol. The predicted molar refractivity (Wildman–Crippen MR) is 67.4 cm³/mol. The number of rotatable bonds is 1. The molecule has 4 saturated carbocycles. The summed E-state index contributed by atoms with van der Waals surface area (Å²) >= 11 is 0. The molecule has 5 rings (SSSR count). The van der Waals surface area contributed by atoms with Crippen LogP contribution in [-0.4, -0.2) is 29.2 Å². The highest BCUT2D eigenvalue weighted by Gasteiger charge is 2.65. The highest BCUT2D eigenvalue weighted by molar-refractivity contribution is 6.05. The van der Waals surface area contributed by atoms with Crippen molar-refractivity contribution in [3.63, 3.8) is 0 Å². The summed E-state index contributed by atoms with van der Waals surface area (Å²) in [4.78, 5) is 16.1. The van der Waals surface area contributed by atoms with Crippen molar-refractivity contribution in [1.82, 2.24) is 5.32 Å². The first kappa shape index (κ1) is 13.4. The zero-order valence-corrected chi connectivity index (χ0v) is 11.7. The molecular weight excluding hydrogens is 285 g/mol. The van der Waals surface area contributed by atoms with Gasteiger partial charge in [-0.2, -0.15) is 13.2 Å². The SMILES string of the molecule is CC1(C(F)(F)F)OC(=NC23CC4CC(CC2C4)C3)NC1=O. The quantitative estimate of drug-likeness (QED) is 0.808. The van der Waals surface area contributed by atoms with Crippen LogP contribution in [-0.2, 0) is 9.53 Å². The summed E-state index contributed by atoms with van der Waals surface area (Å²) < 4.78 is 43.8. The molecule has 0 aromatic carbocycles. The molecule has 4 bridgehead atoms. The van der Waals surface area contributed by atoms with Crippen molar-refractivity contribution in [2.24, 2.45) is 22.7 Å². The molecular formula is C14H17F3N2O2. The molecule has 0 aromatic rings. The van der Waals surface area contributed by atoms with Crippen molar-refractivity contribution >= 4 is 11.9 Å². The van der Waals surface area contributed by atoms with Crippen LogP contribution >= 0.6 is 0 Å². The van der Waals surface area contributed by atoms with Crippen molar-refractivity contribution in [2.75, 3.05) is 0 Å². The maximum absolute atomic E-state index is 13.0. The first-order valence-electron chi connectivity index (χ1n) is 7.39. The first-order chi connectivity index (χ1) is 9.72. The van der Waals surface area contributed by atoms with Gasteiger partial charge in [-0.1, -0.05) is 0 Å². The third-order valence-corrected chi connectivity index (χ3v) is 5.77. The minimum atomic E-state index is -4.75. The van der Waals surface area contributed by atoms with E-state index in [0.717, 1.165) is 32.6 Å². The van der Waals surface area contributed by atoms with E-state index in [2.05, 4.69) is 10.3 Å². The molecule has 0 spiro atoms. The van der Waals surface area contributed by atoms with E-state index in [1.807, 2.05) is 0 Å². The molecule has 5 aliphatic rings. The summed E-state index contributed by atoms with van der Waals surface area (Å²) in [6.45, 7) is 0.751. The summed E-state index contributed by atoms with van der Waals surface area (Å²) in [6, 6.07) is -0.243. The smallest absolute Gasteiger partial charge is 0.437 e. The van der Waals surface area contributed by atoms with Crippen molar-refractivity contribution < 1.29 is 22.7 Å². The van der Waals surface area contributed by atoms with E-state index in [-0.39, 0.29) is 11.6 Å². The number of hydrogen-bond donors (Lipinski definition) is 1. The zero-order valence-electron chi connectivity index (χ0n) is 11.7. The number of nitrogens with one attached hydrogen (secondary N) is 1. The molecule has 116 valence electrons. The van der Waals surface area contributed by atoms with E-state index in [1.54, 1.807) is 0 Å². The van der Waals surface area contributed by atoms with Gasteiger partial charge in [-0.25, -0.2) is 4.99 Å². The predicted octanol–water partition coefficient (Wildman–Crippen LogP) is 2.39. The van der Waals surface area contributed by atoms with Gasteiger partial charge in [0.2, 0.25) is 0 Å². The Morgan fingerprint density at radius 3 is 2.38 bits per heavy atom. The summed E-state index contributed by atoms with van der Waals surface area (Å²) in [5.74, 6) is 0.533. The highest BCUT2D eigenvalue weighted by Crippen LogP contribution is 2.62. The Balaban J connectivity index is 1.63. The number of halogens is 3. The summed E-state index contributed by atoms with van der Waals surface area (Å²) in [7, 11) is 0. The molecule has 0 radical (unpaired) electrons. The normalized spacial score (nSPS) is 49.8. The summed E-state index contributed by atoms with van der Waals surface area (Å²) in [5, 5.41) is 2.18. The van der Waals surface area contributed by atoms with Gasteiger partial charge >= 0.3 is 6.18 Å². The van der Waals surface area contributed by atoms with Crippen LogP contribution in [0.1, 0.15) is 39.0 Å². The molecule has 1 aliphatic heterocycles. The van der Waals surface area contributed by atoms with E-state index in [9.17, 15) is 18.0 Å². The Bertz CT molecular complexity index is 531. The van der Waals surface area contributed by atoms with Gasteiger partial charge in [0.1, 0.15) is 0 Å². The fourth-order valence-electron chi connectivity index (χ4n) is 4.86. The van der Waals surface area contributed by atoms with Gasteiger partial charge < -0.3 is 4.74 Å². The van der Waals surface area contributed by atoms with Crippen molar-refractivity contribution in [3.05, 3.63) is 0 Å². The molecule has 1 amide bonds. The van der Waals surface area contributed by atoms with Gasteiger partial charge in [0.25, 0.3) is 17.5 Å². The zero-order chi connectivity index (χ0) is 15.0. The van der Waals surface area contributed by atoms with Crippen LogP contribution in [0.25, 0.3) is 0 Å². The molecule has 4 aliphatic carbocycles. The minimum absolute atomic E-state index is 0.243. The molecule has 1 N–H and O–H groups in total. The van der Waals surface area contributed by atoms with Crippen LogP contribution < -0.4 is 5.32 Å². The number of ether oxygens (including phenoxy) is 1. The lowest BCUT2D eigenvalue weighted by molar-refractivity contribution is -0.232. The van der Waals surface area contributed by atoms with Crippen LogP contribution in [0.3, 0.4) is 0 Å². The number of hydrogen-bond acceptors (Lipinski definition) is 3. The Hall–Kier alpha value is -1.27. The largest absolute Gasteiger partial charge is 0.439 e. The molecule has 5 fully saturated rings. The van der Waals surface area contributed by atoms with Crippen LogP contribution in [0.4, 0.5) is 13.2 Å². The lowest BCUT2D eigenvalue weighted by atomic mass is 9.81. The van der Waals surface area contributed by atoms with E-state index < -0.39 is 17.7 Å². The number of alkyl halides is 3. The molecule has 7 heteroatoms. The maximum Gasteiger partial charge on any atom is 0.437 e. The minimum Gasteiger partial charge on any atom is -0.439 e. The first-order valence-corrected chi connectivity index (χ1v) is 7.39. The van der Waals surface area contributed by atoms with Crippen molar-refractivity contribution in [1.29, 1.82) is 0 Å². The Morgan fingerprint density at radius 2 is 1.86 bits per heavy atom. The van der Waals surface area contributed by atoms with Gasteiger partial charge in [0.15, 0.2) is 0 Å². The number of nitrogens with zero attached hydrogens (tertiary/aromatic N) is 1. The lowest BCUT2D eigenvalue weighted by Gasteiger charge is -2.29.